The summed E-state index contributed by atoms with van der Waals surface area (Å²) in [5.74, 6) is 3.61. The lowest BCUT2D eigenvalue weighted by atomic mass is 9.76. The molecule has 1 spiro atoms. The van der Waals surface area contributed by atoms with E-state index in [0.29, 0.717) is 42.0 Å². The monoisotopic (exact) mass is 774 g/mol. The normalized spacial score (nSPS) is 15.6. The number of hydrogen-bond acceptors (Lipinski definition) is 8. The van der Waals surface area contributed by atoms with Crippen LogP contribution in [-0.2, 0) is 27.9 Å². The largest absolute Gasteiger partial charge is 0.493 e. The summed E-state index contributed by atoms with van der Waals surface area (Å²) in [6.45, 7) is 5.97. The predicted molar refractivity (Wildman–Crippen MR) is 226 cm³/mol. The highest BCUT2D eigenvalue weighted by Crippen LogP contribution is 2.57. The zero-order chi connectivity index (χ0) is 39.9. The van der Waals surface area contributed by atoms with Gasteiger partial charge in [-0.15, -0.1) is 0 Å². The van der Waals surface area contributed by atoms with Gasteiger partial charge in [0.15, 0.2) is 28.7 Å². The first-order valence-electron chi connectivity index (χ1n) is 20.7. The molecule has 4 aromatic rings. The second kappa shape index (κ2) is 20.8. The Balaban J connectivity index is 1.10. The van der Waals surface area contributed by atoms with Crippen LogP contribution >= 0.6 is 0 Å². The molecule has 0 radical (unpaired) electrons. The lowest BCUT2D eigenvalue weighted by Gasteiger charge is -2.29. The van der Waals surface area contributed by atoms with Crippen LogP contribution in [0.4, 0.5) is 0 Å². The maximum atomic E-state index is 13.4. The summed E-state index contributed by atoms with van der Waals surface area (Å²) in [6.07, 6.45) is 19.8. The van der Waals surface area contributed by atoms with Crippen molar-refractivity contribution in [2.45, 2.75) is 96.3 Å². The smallest absolute Gasteiger partial charge is 0.336 e. The van der Waals surface area contributed by atoms with Crippen molar-refractivity contribution in [1.82, 2.24) is 0 Å². The quantitative estimate of drug-likeness (QED) is 0.0195. The molecule has 0 N–H and O–H groups in total. The van der Waals surface area contributed by atoms with E-state index in [4.69, 9.17) is 33.5 Å². The lowest BCUT2D eigenvalue weighted by Crippen LogP contribution is -2.24. The molecule has 6 rings (SSSR count). The number of hydrogen-bond donors (Lipinski definition) is 0. The molecular weight excluding hydrogens is 717 g/mol. The average molecular weight is 775 g/mol. The topological polar surface area (TPSA) is 81.7 Å². The number of carbonyl (C=O) groups excluding carboxylic acids is 1. The van der Waals surface area contributed by atoms with E-state index in [0.717, 1.165) is 72.9 Å². The molecule has 0 saturated carbocycles. The summed E-state index contributed by atoms with van der Waals surface area (Å²) in [7, 11) is 3.28. The summed E-state index contributed by atoms with van der Waals surface area (Å²) >= 11 is 0. The highest BCUT2D eigenvalue weighted by Gasteiger charge is 2.48. The number of rotatable bonds is 22. The van der Waals surface area contributed by atoms with Crippen LogP contribution in [0, 0.1) is 0 Å². The fraction of sp³-hybridized carbons (Fsp3) is 0.408. The molecule has 1 atom stereocenters. The molecule has 0 fully saturated rings. The van der Waals surface area contributed by atoms with E-state index in [9.17, 15) is 4.79 Å². The first kappa shape index (κ1) is 41.4. The molecule has 0 heterocycles. The van der Waals surface area contributed by atoms with Crippen LogP contribution in [0.15, 0.2) is 84.9 Å². The van der Waals surface area contributed by atoms with Gasteiger partial charge >= 0.3 is 5.97 Å². The van der Waals surface area contributed by atoms with Crippen LogP contribution in [0.1, 0.15) is 111 Å². The van der Waals surface area contributed by atoms with E-state index < -0.39 is 5.97 Å². The highest BCUT2D eigenvalue weighted by molar-refractivity contribution is 5.89. The third-order valence-corrected chi connectivity index (χ3v) is 11.0. The van der Waals surface area contributed by atoms with Gasteiger partial charge in [0, 0.05) is 22.6 Å². The second-order valence-electron chi connectivity index (χ2n) is 14.8. The third-order valence-electron chi connectivity index (χ3n) is 11.0. The molecule has 1 unspecified atom stereocenters. The van der Waals surface area contributed by atoms with Crippen molar-refractivity contribution in [2.24, 2.45) is 0 Å². The Morgan fingerprint density at radius 2 is 1.19 bits per heavy atom. The molecule has 0 bridgehead atoms. The minimum Gasteiger partial charge on any atom is -0.493 e. The zero-order valence-electron chi connectivity index (χ0n) is 34.1. The summed E-state index contributed by atoms with van der Waals surface area (Å²) in [4.78, 5) is 25.2. The van der Waals surface area contributed by atoms with Crippen molar-refractivity contribution >= 4 is 18.1 Å². The molecule has 4 aromatic carbocycles. The predicted octanol–water partition coefficient (Wildman–Crippen LogP) is 11.4. The molecule has 0 saturated heterocycles. The van der Waals surface area contributed by atoms with Crippen molar-refractivity contribution in [3.63, 3.8) is 0 Å². The summed E-state index contributed by atoms with van der Waals surface area (Å²) in [6, 6.07) is 23.7. The van der Waals surface area contributed by atoms with E-state index in [2.05, 4.69) is 26.0 Å². The number of esters is 1. The van der Waals surface area contributed by atoms with E-state index in [1.165, 1.54) is 49.3 Å². The fourth-order valence-electron chi connectivity index (χ4n) is 8.12. The van der Waals surface area contributed by atoms with Crippen LogP contribution in [0.3, 0.4) is 0 Å². The van der Waals surface area contributed by atoms with Gasteiger partial charge in [-0.1, -0.05) is 101 Å². The number of fused-ring (bicyclic) bond motifs is 4. The van der Waals surface area contributed by atoms with Gasteiger partial charge in [-0.3, -0.25) is 0 Å². The fourth-order valence-corrected chi connectivity index (χ4v) is 8.12. The van der Waals surface area contributed by atoms with Crippen molar-refractivity contribution in [1.29, 1.82) is 0 Å². The van der Waals surface area contributed by atoms with Crippen LogP contribution in [-0.4, -0.2) is 40.0 Å². The van der Waals surface area contributed by atoms with Gasteiger partial charge in [0.25, 0.3) is 0 Å². The van der Waals surface area contributed by atoms with Crippen molar-refractivity contribution in [3.8, 4) is 34.5 Å². The van der Waals surface area contributed by atoms with Crippen LogP contribution in [0.5, 0.6) is 34.5 Å². The molecule has 0 aliphatic heterocycles. The van der Waals surface area contributed by atoms with Crippen LogP contribution in [0.2, 0.25) is 0 Å². The molecule has 2 aliphatic carbocycles. The standard InChI is InChI=1S/C49H58O8/c1-5-7-9-11-31-53-40-24-21-36(34-44(40)51-3)16-15-33-55-57-43-20-14-18-39-28-30-49(48(39)43)29-27-38-17-13-19-42(47(38)49)56-46(50)26-23-37-22-25-41(45(35-37)52-4)54-32-12-10-8-6-2/h13-26,34-35H,5-12,27-33H2,1-4H3/b16-15+,26-23+. The second-order valence-corrected chi connectivity index (χ2v) is 14.8. The molecule has 0 amide bonds. The van der Waals surface area contributed by atoms with Gasteiger partial charge in [0.2, 0.25) is 0 Å². The molecular formula is C49H58O8. The summed E-state index contributed by atoms with van der Waals surface area (Å²) in [5, 5.41) is 0. The van der Waals surface area contributed by atoms with Crippen molar-refractivity contribution in [2.75, 3.05) is 34.0 Å². The van der Waals surface area contributed by atoms with Crippen molar-refractivity contribution in [3.05, 3.63) is 118 Å². The summed E-state index contributed by atoms with van der Waals surface area (Å²) < 4.78 is 29.2. The molecule has 2 aliphatic rings. The van der Waals surface area contributed by atoms with Gasteiger partial charge in [0.1, 0.15) is 12.4 Å². The van der Waals surface area contributed by atoms with Crippen LogP contribution in [0.25, 0.3) is 12.2 Å². The Kier molecular flexibility index (Phi) is 15.1. The minimum atomic E-state index is -0.444. The molecule has 8 nitrogen and oxygen atoms in total. The minimum absolute atomic E-state index is 0.251. The Bertz CT molecular complexity index is 1990. The van der Waals surface area contributed by atoms with Gasteiger partial charge in [0.05, 0.1) is 27.4 Å². The van der Waals surface area contributed by atoms with Crippen molar-refractivity contribution < 1.29 is 38.3 Å². The maximum Gasteiger partial charge on any atom is 0.336 e. The number of unbranched alkanes of at least 4 members (excludes halogenated alkanes) is 6. The maximum absolute atomic E-state index is 13.4. The number of carbonyl (C=O) groups is 1. The molecule has 8 heteroatoms. The third kappa shape index (κ3) is 10.4. The number of benzene rings is 4. The molecule has 57 heavy (non-hydrogen) atoms. The Labute approximate surface area is 338 Å². The number of methoxy groups -OCH3 is 2. The first-order chi connectivity index (χ1) is 28.0. The van der Waals surface area contributed by atoms with E-state index in [-0.39, 0.29) is 12.0 Å². The number of aryl methyl sites for hydroxylation is 2. The molecule has 302 valence electrons. The number of ether oxygens (including phenoxy) is 5. The Hall–Kier alpha value is -5.21. The van der Waals surface area contributed by atoms with E-state index >= 15 is 0 Å². The first-order valence-corrected chi connectivity index (χ1v) is 20.7. The van der Waals surface area contributed by atoms with Gasteiger partial charge < -0.3 is 28.6 Å². The van der Waals surface area contributed by atoms with E-state index in [1.54, 1.807) is 20.3 Å². The van der Waals surface area contributed by atoms with Gasteiger partial charge in [-0.05, 0) is 103 Å². The highest BCUT2D eigenvalue weighted by atomic mass is 17.2. The van der Waals surface area contributed by atoms with Gasteiger partial charge in [-0.2, -0.15) is 4.89 Å². The van der Waals surface area contributed by atoms with Crippen LogP contribution < -0.4 is 28.6 Å². The Morgan fingerprint density at radius 3 is 1.77 bits per heavy atom. The van der Waals surface area contributed by atoms with Gasteiger partial charge in [-0.25, -0.2) is 4.79 Å². The zero-order valence-corrected chi connectivity index (χ0v) is 34.1. The lowest BCUT2D eigenvalue weighted by molar-refractivity contribution is -0.196. The average Bonchev–Trinajstić information content (AvgIpc) is 3.81. The molecule has 0 aromatic heterocycles. The van der Waals surface area contributed by atoms with E-state index in [1.807, 2.05) is 72.8 Å². The SMILES string of the molecule is CCCCCCOc1ccc(/C=C/COOc2cccc3c2C2(CC3)CCc3cccc(OC(=O)/C=C/c4ccc(OCCCCCC)c(OC)c4)c32)cc1OC. The Morgan fingerprint density at radius 1 is 0.632 bits per heavy atom. The summed E-state index contributed by atoms with van der Waals surface area (Å²) in [5.41, 5.74) is 6.03.